The Hall–Kier alpha value is -2.71. The van der Waals surface area contributed by atoms with Crippen LogP contribution in [0.25, 0.3) is 0 Å². The highest BCUT2D eigenvalue weighted by Crippen LogP contribution is 2.49. The van der Waals surface area contributed by atoms with E-state index in [1.807, 2.05) is 0 Å². The lowest BCUT2D eigenvalue weighted by atomic mass is 9.85. The smallest absolute Gasteiger partial charge is 0.376 e. The van der Waals surface area contributed by atoms with E-state index in [1.54, 1.807) is 18.2 Å². The fraction of sp³-hybridized carbons (Fsp3) is 0.308. The molecule has 4 rings (SSSR count). The van der Waals surface area contributed by atoms with E-state index in [0.717, 1.165) is 24.3 Å². The molecular formula is C26H24F4O3S. The zero-order valence-corrected chi connectivity index (χ0v) is 19.0. The van der Waals surface area contributed by atoms with Gasteiger partial charge in [-0.2, -0.15) is 13.2 Å². The van der Waals surface area contributed by atoms with Crippen LogP contribution in [0, 0.1) is 5.82 Å². The molecular weight excluding hydrogens is 468 g/mol. The van der Waals surface area contributed by atoms with E-state index >= 15 is 0 Å². The predicted molar refractivity (Wildman–Crippen MR) is 120 cm³/mol. The zero-order valence-electron chi connectivity index (χ0n) is 18.2. The third-order valence-electron chi connectivity index (χ3n) is 6.71. The second-order valence-corrected chi connectivity index (χ2v) is 11.0. The molecule has 1 aliphatic rings. The summed E-state index contributed by atoms with van der Waals surface area (Å²) in [7, 11) is -3.95. The summed E-state index contributed by atoms with van der Waals surface area (Å²) in [5.74, 6) is -0.561. The third-order valence-corrected chi connectivity index (χ3v) is 9.28. The SMILES string of the molecule is O=S(=O)(c1ccc(F)cc1)C1(c2ccc(C(O)(Cc3ccccc3)C(F)(F)F)cc2)CCCC1. The molecule has 8 heteroatoms. The van der Waals surface area contributed by atoms with Crippen LogP contribution in [0.15, 0.2) is 83.8 Å². The molecule has 1 N–H and O–H groups in total. The predicted octanol–water partition coefficient (Wildman–Crippen LogP) is 6.06. The Labute approximate surface area is 196 Å². The van der Waals surface area contributed by atoms with Crippen LogP contribution in [0.4, 0.5) is 17.6 Å². The Kier molecular flexibility index (Phi) is 6.33. The Morgan fingerprint density at radius 1 is 0.824 bits per heavy atom. The molecule has 0 saturated heterocycles. The van der Waals surface area contributed by atoms with Crippen molar-refractivity contribution in [3.63, 3.8) is 0 Å². The van der Waals surface area contributed by atoms with Crippen LogP contribution in [0.5, 0.6) is 0 Å². The van der Waals surface area contributed by atoms with E-state index in [0.29, 0.717) is 36.8 Å². The molecule has 0 heterocycles. The van der Waals surface area contributed by atoms with Gasteiger partial charge in [0.05, 0.1) is 4.90 Å². The fourth-order valence-electron chi connectivity index (χ4n) is 4.80. The van der Waals surface area contributed by atoms with Crippen molar-refractivity contribution in [2.24, 2.45) is 0 Å². The van der Waals surface area contributed by atoms with Gasteiger partial charge in [-0.15, -0.1) is 0 Å². The van der Waals surface area contributed by atoms with Gasteiger partial charge in [-0.3, -0.25) is 0 Å². The summed E-state index contributed by atoms with van der Waals surface area (Å²) in [6.07, 6.45) is -3.73. The van der Waals surface area contributed by atoms with Gasteiger partial charge >= 0.3 is 6.18 Å². The quantitative estimate of drug-likeness (QED) is 0.336. The molecule has 1 atom stereocenters. The van der Waals surface area contributed by atoms with Crippen molar-refractivity contribution in [2.45, 2.75) is 53.5 Å². The lowest BCUT2D eigenvalue weighted by Gasteiger charge is -2.33. The van der Waals surface area contributed by atoms with Crippen molar-refractivity contribution in [3.05, 3.63) is 101 Å². The summed E-state index contributed by atoms with van der Waals surface area (Å²) >= 11 is 0. The number of aliphatic hydroxyl groups is 1. The molecule has 0 radical (unpaired) electrons. The van der Waals surface area contributed by atoms with Crippen molar-refractivity contribution in [1.29, 1.82) is 0 Å². The summed E-state index contributed by atoms with van der Waals surface area (Å²) in [5.41, 5.74) is -2.81. The molecule has 34 heavy (non-hydrogen) atoms. The molecule has 0 spiro atoms. The van der Waals surface area contributed by atoms with Gasteiger partial charge in [-0.1, -0.05) is 67.4 Å². The topological polar surface area (TPSA) is 54.4 Å². The minimum absolute atomic E-state index is 0.0317. The van der Waals surface area contributed by atoms with E-state index in [9.17, 15) is 31.1 Å². The Balaban J connectivity index is 1.75. The van der Waals surface area contributed by atoms with Gasteiger partial charge in [0, 0.05) is 6.42 Å². The summed E-state index contributed by atoms with van der Waals surface area (Å²) in [5, 5.41) is 10.8. The molecule has 3 aromatic carbocycles. The first kappa shape index (κ1) is 24.4. The summed E-state index contributed by atoms with van der Waals surface area (Å²) in [6, 6.07) is 17.5. The fourth-order valence-corrected chi connectivity index (χ4v) is 7.02. The van der Waals surface area contributed by atoms with Gasteiger partial charge in [0.1, 0.15) is 10.6 Å². The van der Waals surface area contributed by atoms with E-state index in [1.165, 1.54) is 36.4 Å². The van der Waals surface area contributed by atoms with Crippen molar-refractivity contribution in [1.82, 2.24) is 0 Å². The Bertz CT molecular complexity index is 1230. The van der Waals surface area contributed by atoms with E-state index in [4.69, 9.17) is 0 Å². The largest absolute Gasteiger partial charge is 0.421 e. The van der Waals surface area contributed by atoms with Crippen LogP contribution in [-0.4, -0.2) is 19.7 Å². The number of benzene rings is 3. The lowest BCUT2D eigenvalue weighted by molar-refractivity contribution is -0.266. The number of sulfone groups is 1. The number of alkyl halides is 3. The molecule has 1 unspecified atom stereocenters. The van der Waals surface area contributed by atoms with Crippen LogP contribution < -0.4 is 0 Å². The van der Waals surface area contributed by atoms with Gasteiger partial charge in [0.2, 0.25) is 0 Å². The number of hydrogen-bond acceptors (Lipinski definition) is 3. The van der Waals surface area contributed by atoms with Crippen LogP contribution in [0.1, 0.15) is 42.4 Å². The number of rotatable bonds is 6. The number of halogens is 4. The molecule has 1 fully saturated rings. The van der Waals surface area contributed by atoms with Crippen molar-refractivity contribution in [2.75, 3.05) is 0 Å². The van der Waals surface area contributed by atoms with Crippen molar-refractivity contribution < 1.29 is 31.1 Å². The second kappa shape index (κ2) is 8.82. The molecule has 0 aromatic heterocycles. The number of hydrogen-bond donors (Lipinski definition) is 1. The third kappa shape index (κ3) is 4.14. The van der Waals surface area contributed by atoms with Crippen LogP contribution in [-0.2, 0) is 26.6 Å². The first-order valence-electron chi connectivity index (χ1n) is 10.9. The second-order valence-electron chi connectivity index (χ2n) is 8.76. The van der Waals surface area contributed by atoms with Gasteiger partial charge in [-0.25, -0.2) is 12.8 Å². The van der Waals surface area contributed by atoms with E-state index < -0.39 is 38.6 Å². The Morgan fingerprint density at radius 2 is 1.38 bits per heavy atom. The first-order valence-corrected chi connectivity index (χ1v) is 12.4. The van der Waals surface area contributed by atoms with Crippen LogP contribution >= 0.6 is 0 Å². The summed E-state index contributed by atoms with van der Waals surface area (Å²) in [4.78, 5) is -0.0317. The van der Waals surface area contributed by atoms with Gasteiger partial charge < -0.3 is 5.11 Å². The molecule has 3 aromatic rings. The summed E-state index contributed by atoms with van der Waals surface area (Å²) < 4.78 is 81.3. The monoisotopic (exact) mass is 492 g/mol. The molecule has 0 amide bonds. The van der Waals surface area contributed by atoms with E-state index in [2.05, 4.69) is 0 Å². The molecule has 0 aliphatic heterocycles. The molecule has 3 nitrogen and oxygen atoms in total. The van der Waals surface area contributed by atoms with Crippen LogP contribution in [0.2, 0.25) is 0 Å². The van der Waals surface area contributed by atoms with Crippen LogP contribution in [0.3, 0.4) is 0 Å². The first-order chi connectivity index (χ1) is 16.0. The molecule has 1 aliphatic carbocycles. The minimum Gasteiger partial charge on any atom is -0.376 e. The molecule has 180 valence electrons. The average Bonchev–Trinajstić information content (AvgIpc) is 3.31. The minimum atomic E-state index is -4.95. The highest BCUT2D eigenvalue weighted by molar-refractivity contribution is 7.92. The molecule has 1 saturated carbocycles. The normalized spacial score (nSPS) is 17.9. The lowest BCUT2D eigenvalue weighted by Crippen LogP contribution is -2.44. The van der Waals surface area contributed by atoms with Gasteiger partial charge in [0.25, 0.3) is 0 Å². The highest BCUT2D eigenvalue weighted by atomic mass is 32.2. The maximum absolute atomic E-state index is 14.0. The zero-order chi connectivity index (χ0) is 24.6. The summed E-state index contributed by atoms with van der Waals surface area (Å²) in [6.45, 7) is 0. The maximum Gasteiger partial charge on any atom is 0.421 e. The maximum atomic E-state index is 14.0. The highest BCUT2D eigenvalue weighted by Gasteiger charge is 2.55. The average molecular weight is 493 g/mol. The van der Waals surface area contributed by atoms with Gasteiger partial charge in [0.15, 0.2) is 15.4 Å². The van der Waals surface area contributed by atoms with Crippen molar-refractivity contribution in [3.8, 4) is 0 Å². The standard InChI is InChI=1S/C26H24F4O3S/c27-22-12-14-23(15-13-22)34(32,33)24(16-4-5-17-24)20-8-10-21(11-9-20)25(31,26(28,29)30)18-19-6-2-1-3-7-19/h1-3,6-15,31H,4-5,16-18H2. The van der Waals surface area contributed by atoms with Crippen molar-refractivity contribution >= 4 is 9.84 Å². The Morgan fingerprint density at radius 3 is 1.91 bits per heavy atom. The van der Waals surface area contributed by atoms with E-state index in [-0.39, 0.29) is 10.5 Å². The molecule has 0 bridgehead atoms. The van der Waals surface area contributed by atoms with Gasteiger partial charge in [-0.05, 0) is 53.8 Å².